The molecular formula is C5H10ClNO. The van der Waals surface area contributed by atoms with Gasteiger partial charge in [0.1, 0.15) is 0 Å². The Labute approximate surface area is 54.5 Å². The highest BCUT2D eigenvalue weighted by Crippen LogP contribution is 2.12. The van der Waals surface area contributed by atoms with Gasteiger partial charge < -0.3 is 4.74 Å². The second-order valence-corrected chi connectivity index (χ2v) is 2.49. The fourth-order valence-corrected chi connectivity index (χ4v) is 1.13. The van der Waals surface area contributed by atoms with Gasteiger partial charge in [0.2, 0.25) is 0 Å². The first kappa shape index (κ1) is 6.33. The molecule has 1 aliphatic heterocycles. The molecule has 0 radical (unpaired) electrons. The van der Waals surface area contributed by atoms with E-state index in [-0.39, 0.29) is 0 Å². The number of nitrogens with zero attached hydrogens (tertiary/aromatic N) is 1. The second-order valence-electron chi connectivity index (χ2n) is 2.02. The standard InChI is InChI=1S/C5H10ClNO/c1-8-5-2-3-7(6)4-5/h5H,2-4H2,1H3. The zero-order chi connectivity index (χ0) is 5.98. The molecule has 0 saturated carbocycles. The van der Waals surface area contributed by atoms with Gasteiger partial charge in [0.25, 0.3) is 0 Å². The first-order valence-electron chi connectivity index (χ1n) is 2.76. The second kappa shape index (κ2) is 2.67. The van der Waals surface area contributed by atoms with E-state index in [0.29, 0.717) is 6.10 Å². The van der Waals surface area contributed by atoms with E-state index in [1.807, 2.05) is 0 Å². The fraction of sp³-hybridized carbons (Fsp3) is 1.00. The molecule has 0 spiro atoms. The molecular weight excluding hydrogens is 126 g/mol. The lowest BCUT2D eigenvalue weighted by Gasteiger charge is -2.04. The third-order valence-electron chi connectivity index (χ3n) is 1.43. The number of rotatable bonds is 1. The smallest absolute Gasteiger partial charge is 0.0724 e. The highest BCUT2D eigenvalue weighted by molar-refractivity contribution is 6.13. The minimum absolute atomic E-state index is 0.368. The summed E-state index contributed by atoms with van der Waals surface area (Å²) in [6, 6.07) is 0. The van der Waals surface area contributed by atoms with Gasteiger partial charge >= 0.3 is 0 Å². The molecule has 1 aliphatic rings. The largest absolute Gasteiger partial charge is 0.380 e. The summed E-state index contributed by atoms with van der Waals surface area (Å²) in [6.07, 6.45) is 1.44. The summed E-state index contributed by atoms with van der Waals surface area (Å²) in [6.45, 7) is 1.83. The van der Waals surface area contributed by atoms with E-state index in [9.17, 15) is 0 Å². The van der Waals surface area contributed by atoms with Crippen molar-refractivity contribution in [3.05, 3.63) is 0 Å². The molecule has 0 amide bonds. The van der Waals surface area contributed by atoms with Gasteiger partial charge in [-0.25, -0.2) is 4.42 Å². The molecule has 1 heterocycles. The maximum atomic E-state index is 5.64. The number of halogens is 1. The van der Waals surface area contributed by atoms with Crippen LogP contribution in [-0.4, -0.2) is 30.7 Å². The van der Waals surface area contributed by atoms with Crippen LogP contribution in [0.4, 0.5) is 0 Å². The van der Waals surface area contributed by atoms with Crippen LogP contribution in [0.25, 0.3) is 0 Å². The lowest BCUT2D eigenvalue weighted by atomic mass is 10.3. The third kappa shape index (κ3) is 1.34. The van der Waals surface area contributed by atoms with Crippen molar-refractivity contribution in [3.63, 3.8) is 0 Å². The maximum Gasteiger partial charge on any atom is 0.0724 e. The van der Waals surface area contributed by atoms with Gasteiger partial charge in [-0.05, 0) is 18.2 Å². The van der Waals surface area contributed by atoms with Crippen LogP contribution in [0.1, 0.15) is 6.42 Å². The molecule has 1 unspecified atom stereocenters. The molecule has 0 aromatic rings. The van der Waals surface area contributed by atoms with Crippen LogP contribution >= 0.6 is 11.8 Å². The van der Waals surface area contributed by atoms with Gasteiger partial charge in [0.15, 0.2) is 0 Å². The average molecular weight is 136 g/mol. The summed E-state index contributed by atoms with van der Waals surface area (Å²) in [7, 11) is 1.72. The van der Waals surface area contributed by atoms with Crippen molar-refractivity contribution in [3.8, 4) is 0 Å². The SMILES string of the molecule is COC1CCN(Cl)C1. The molecule has 0 aromatic carbocycles. The zero-order valence-electron chi connectivity index (χ0n) is 4.93. The molecule has 0 aliphatic carbocycles. The monoisotopic (exact) mass is 135 g/mol. The topological polar surface area (TPSA) is 12.5 Å². The fourth-order valence-electron chi connectivity index (χ4n) is 0.880. The molecule has 3 heteroatoms. The predicted molar refractivity (Wildman–Crippen MR) is 32.8 cm³/mol. The Morgan fingerprint density at radius 1 is 1.75 bits per heavy atom. The minimum Gasteiger partial charge on any atom is -0.380 e. The molecule has 8 heavy (non-hydrogen) atoms. The molecule has 2 nitrogen and oxygen atoms in total. The van der Waals surface area contributed by atoms with Gasteiger partial charge in [-0.1, -0.05) is 0 Å². The summed E-state index contributed by atoms with van der Waals surface area (Å²) >= 11 is 5.64. The summed E-state index contributed by atoms with van der Waals surface area (Å²) in [5.74, 6) is 0. The van der Waals surface area contributed by atoms with E-state index in [2.05, 4.69) is 0 Å². The summed E-state index contributed by atoms with van der Waals surface area (Å²) in [5.41, 5.74) is 0. The highest BCUT2D eigenvalue weighted by Gasteiger charge is 2.19. The summed E-state index contributed by atoms with van der Waals surface area (Å²) in [5, 5.41) is 0. The quantitative estimate of drug-likeness (QED) is 0.495. The van der Waals surface area contributed by atoms with Crippen LogP contribution in [0.5, 0.6) is 0 Å². The van der Waals surface area contributed by atoms with E-state index in [1.165, 1.54) is 0 Å². The van der Waals surface area contributed by atoms with Gasteiger partial charge in [-0.15, -0.1) is 0 Å². The number of methoxy groups -OCH3 is 1. The molecule has 0 bridgehead atoms. The Morgan fingerprint density at radius 3 is 2.75 bits per heavy atom. The van der Waals surface area contributed by atoms with Crippen molar-refractivity contribution in [2.24, 2.45) is 0 Å². The Hall–Kier alpha value is 0.210. The van der Waals surface area contributed by atoms with Crippen LogP contribution in [-0.2, 0) is 4.74 Å². The number of ether oxygens (including phenoxy) is 1. The first-order valence-corrected chi connectivity index (χ1v) is 3.10. The summed E-state index contributed by atoms with van der Waals surface area (Å²) in [4.78, 5) is 0. The van der Waals surface area contributed by atoms with E-state index in [0.717, 1.165) is 19.5 Å². The highest BCUT2D eigenvalue weighted by atomic mass is 35.5. The van der Waals surface area contributed by atoms with Crippen LogP contribution < -0.4 is 0 Å². The molecule has 48 valence electrons. The van der Waals surface area contributed by atoms with Crippen molar-refractivity contribution in [1.29, 1.82) is 0 Å². The lowest BCUT2D eigenvalue weighted by molar-refractivity contribution is 0.115. The lowest BCUT2D eigenvalue weighted by Crippen LogP contribution is -2.13. The van der Waals surface area contributed by atoms with E-state index >= 15 is 0 Å². The molecule has 0 N–H and O–H groups in total. The van der Waals surface area contributed by atoms with Crippen LogP contribution in [0, 0.1) is 0 Å². The first-order chi connectivity index (χ1) is 3.83. The molecule has 1 atom stereocenters. The van der Waals surface area contributed by atoms with Gasteiger partial charge in [0.05, 0.1) is 6.10 Å². The van der Waals surface area contributed by atoms with Crippen molar-refractivity contribution < 1.29 is 4.74 Å². The average Bonchev–Trinajstić information content (AvgIpc) is 2.14. The number of hydrogen-bond acceptors (Lipinski definition) is 2. The normalized spacial score (nSPS) is 31.5. The van der Waals surface area contributed by atoms with Crippen molar-refractivity contribution in [2.45, 2.75) is 12.5 Å². The zero-order valence-corrected chi connectivity index (χ0v) is 5.69. The van der Waals surface area contributed by atoms with Crippen LogP contribution in [0.3, 0.4) is 0 Å². The van der Waals surface area contributed by atoms with Gasteiger partial charge in [0, 0.05) is 20.2 Å². The van der Waals surface area contributed by atoms with Crippen molar-refractivity contribution >= 4 is 11.8 Å². The Morgan fingerprint density at radius 2 is 2.50 bits per heavy atom. The Balaban J connectivity index is 2.22. The Kier molecular flexibility index (Phi) is 2.11. The molecule has 1 saturated heterocycles. The van der Waals surface area contributed by atoms with Gasteiger partial charge in [-0.2, -0.15) is 0 Å². The van der Waals surface area contributed by atoms with E-state index < -0.39 is 0 Å². The predicted octanol–water partition coefficient (Wildman–Crippen LogP) is 0.861. The molecule has 1 fully saturated rings. The summed E-state index contributed by atoms with van der Waals surface area (Å²) < 4.78 is 6.81. The third-order valence-corrected chi connectivity index (χ3v) is 1.74. The maximum absolute atomic E-state index is 5.64. The van der Waals surface area contributed by atoms with Crippen LogP contribution in [0.2, 0.25) is 0 Å². The molecule has 0 aromatic heterocycles. The van der Waals surface area contributed by atoms with Crippen LogP contribution in [0.15, 0.2) is 0 Å². The van der Waals surface area contributed by atoms with Crippen molar-refractivity contribution in [2.75, 3.05) is 20.2 Å². The van der Waals surface area contributed by atoms with E-state index in [1.54, 1.807) is 11.5 Å². The minimum atomic E-state index is 0.368. The van der Waals surface area contributed by atoms with Gasteiger partial charge in [-0.3, -0.25) is 0 Å². The van der Waals surface area contributed by atoms with Crippen molar-refractivity contribution in [1.82, 2.24) is 4.42 Å². The van der Waals surface area contributed by atoms with E-state index in [4.69, 9.17) is 16.5 Å². The number of hydrogen-bond donors (Lipinski definition) is 0. The Bertz CT molecular complexity index is 78.8. The molecule has 1 rings (SSSR count).